The lowest BCUT2D eigenvalue weighted by atomic mass is 10.1. The number of methoxy groups -OCH3 is 1. The summed E-state index contributed by atoms with van der Waals surface area (Å²) >= 11 is 0. The van der Waals surface area contributed by atoms with E-state index in [-0.39, 0.29) is 17.9 Å². The number of rotatable bonds is 6. The van der Waals surface area contributed by atoms with E-state index in [4.69, 9.17) is 4.74 Å². The van der Waals surface area contributed by atoms with Gasteiger partial charge in [0.15, 0.2) is 0 Å². The molecule has 3 rings (SSSR count). The molecule has 0 bridgehead atoms. The minimum atomic E-state index is -0.0870. The number of nitrogens with zero attached hydrogens (tertiary/aromatic N) is 4. The van der Waals surface area contributed by atoms with Crippen LogP contribution >= 0.6 is 0 Å². The van der Waals surface area contributed by atoms with Crippen molar-refractivity contribution >= 4 is 17.6 Å². The molecule has 2 aliphatic rings. The lowest BCUT2D eigenvalue weighted by Crippen LogP contribution is -2.52. The number of nitriles is 1. The lowest BCUT2D eigenvalue weighted by Gasteiger charge is -2.36. The van der Waals surface area contributed by atoms with Crippen LogP contribution in [0.2, 0.25) is 0 Å². The fourth-order valence-electron chi connectivity index (χ4n) is 3.75. The number of carbonyl (C=O) groups is 2. The number of benzene rings is 1. The Morgan fingerprint density at radius 3 is 2.75 bits per heavy atom. The van der Waals surface area contributed by atoms with Gasteiger partial charge in [-0.05, 0) is 12.1 Å². The van der Waals surface area contributed by atoms with Gasteiger partial charge in [0.25, 0.3) is 0 Å². The fraction of sp³-hybridized carbons (Fsp3) is 0.550. The van der Waals surface area contributed by atoms with E-state index in [9.17, 15) is 14.9 Å². The van der Waals surface area contributed by atoms with Gasteiger partial charge < -0.3 is 24.8 Å². The third-order valence-corrected chi connectivity index (χ3v) is 5.33. The number of hydrogen-bond donors (Lipinski definition) is 1. The summed E-state index contributed by atoms with van der Waals surface area (Å²) in [6.45, 7) is 4.91. The minimum Gasteiger partial charge on any atom is -0.383 e. The number of likely N-dealkylation sites (tertiary alicyclic amines) is 1. The van der Waals surface area contributed by atoms with E-state index in [1.165, 1.54) is 0 Å². The predicted molar refractivity (Wildman–Crippen MR) is 105 cm³/mol. The minimum absolute atomic E-state index is 0.0870. The van der Waals surface area contributed by atoms with Crippen LogP contribution in [0.25, 0.3) is 0 Å². The van der Waals surface area contributed by atoms with Crippen molar-refractivity contribution in [1.82, 2.24) is 15.1 Å². The quantitative estimate of drug-likeness (QED) is 0.785. The van der Waals surface area contributed by atoms with Crippen molar-refractivity contribution in [1.29, 1.82) is 5.26 Å². The van der Waals surface area contributed by atoms with Crippen LogP contribution in [0, 0.1) is 17.2 Å². The number of piperazine rings is 1. The molecule has 0 spiro atoms. The summed E-state index contributed by atoms with van der Waals surface area (Å²) in [7, 11) is 1.62. The van der Waals surface area contributed by atoms with E-state index in [0.717, 1.165) is 5.69 Å². The summed E-state index contributed by atoms with van der Waals surface area (Å²) in [6.07, 6.45) is 0.475. The average Bonchev–Trinajstić information content (AvgIpc) is 3.10. The monoisotopic (exact) mass is 385 g/mol. The zero-order valence-electron chi connectivity index (χ0n) is 16.3. The number of amides is 3. The molecule has 2 aliphatic heterocycles. The first-order valence-electron chi connectivity index (χ1n) is 9.66. The molecule has 1 atom stereocenters. The summed E-state index contributed by atoms with van der Waals surface area (Å²) in [5, 5.41) is 12.2. The molecule has 2 heterocycles. The van der Waals surface area contributed by atoms with Crippen molar-refractivity contribution in [3.8, 4) is 6.07 Å². The average molecular weight is 385 g/mol. The highest BCUT2D eigenvalue weighted by Crippen LogP contribution is 2.21. The molecule has 150 valence electrons. The number of anilines is 1. The smallest absolute Gasteiger partial charge is 0.317 e. The molecule has 3 amide bonds. The van der Waals surface area contributed by atoms with Crippen molar-refractivity contribution in [2.45, 2.75) is 6.42 Å². The molecule has 0 aliphatic carbocycles. The Kier molecular flexibility index (Phi) is 6.71. The van der Waals surface area contributed by atoms with Crippen LogP contribution in [-0.4, -0.2) is 81.3 Å². The van der Waals surface area contributed by atoms with Gasteiger partial charge in [0.2, 0.25) is 5.91 Å². The molecular formula is C20H27N5O3. The molecule has 1 N–H and O–H groups in total. The maximum atomic E-state index is 12.5. The zero-order chi connectivity index (χ0) is 19.9. The Bertz CT molecular complexity index is 740. The molecule has 8 heteroatoms. The maximum Gasteiger partial charge on any atom is 0.317 e. The first kappa shape index (κ1) is 20.0. The standard InChI is InChI=1S/C20H27N5O3/c1-28-11-10-25-15-16(12-19(25)26)14-22-20(27)24-8-6-23(7-9-24)18-5-3-2-4-17(18)13-21/h2-5,16H,6-12,14-15H2,1H3,(H,22,27)/t16-/m0/s1. The number of carbonyl (C=O) groups excluding carboxylic acids is 2. The van der Waals surface area contributed by atoms with Crippen LogP contribution in [-0.2, 0) is 9.53 Å². The van der Waals surface area contributed by atoms with Crippen molar-refractivity contribution < 1.29 is 14.3 Å². The zero-order valence-corrected chi connectivity index (χ0v) is 16.3. The van der Waals surface area contributed by atoms with Gasteiger partial charge in [0.1, 0.15) is 6.07 Å². The van der Waals surface area contributed by atoms with Crippen molar-refractivity contribution in [2.24, 2.45) is 5.92 Å². The first-order chi connectivity index (χ1) is 13.6. The Hall–Kier alpha value is -2.79. The highest BCUT2D eigenvalue weighted by atomic mass is 16.5. The normalized spacial score (nSPS) is 19.6. The largest absolute Gasteiger partial charge is 0.383 e. The fourth-order valence-corrected chi connectivity index (χ4v) is 3.75. The molecule has 1 aromatic rings. The van der Waals surface area contributed by atoms with Gasteiger partial charge in [0, 0.05) is 65.3 Å². The third-order valence-electron chi connectivity index (χ3n) is 5.33. The molecule has 0 unspecified atom stereocenters. The van der Waals surface area contributed by atoms with Gasteiger partial charge in [-0.15, -0.1) is 0 Å². The van der Waals surface area contributed by atoms with Gasteiger partial charge in [-0.25, -0.2) is 4.79 Å². The summed E-state index contributed by atoms with van der Waals surface area (Å²) in [4.78, 5) is 30.2. The van der Waals surface area contributed by atoms with E-state index in [1.54, 1.807) is 16.9 Å². The van der Waals surface area contributed by atoms with Crippen LogP contribution < -0.4 is 10.2 Å². The van der Waals surface area contributed by atoms with Crippen LogP contribution in [0.1, 0.15) is 12.0 Å². The molecule has 1 aromatic carbocycles. The molecule has 2 saturated heterocycles. The maximum absolute atomic E-state index is 12.5. The molecule has 0 radical (unpaired) electrons. The Morgan fingerprint density at radius 1 is 1.29 bits per heavy atom. The van der Waals surface area contributed by atoms with Crippen LogP contribution in [0.4, 0.5) is 10.5 Å². The molecule has 28 heavy (non-hydrogen) atoms. The lowest BCUT2D eigenvalue weighted by molar-refractivity contribution is -0.128. The first-order valence-corrected chi connectivity index (χ1v) is 9.66. The molecule has 2 fully saturated rings. The van der Waals surface area contributed by atoms with Gasteiger partial charge in [-0.3, -0.25) is 4.79 Å². The number of para-hydroxylation sites is 1. The van der Waals surface area contributed by atoms with E-state index in [2.05, 4.69) is 16.3 Å². The van der Waals surface area contributed by atoms with E-state index >= 15 is 0 Å². The number of hydrogen-bond acceptors (Lipinski definition) is 5. The van der Waals surface area contributed by atoms with E-state index in [1.807, 2.05) is 24.3 Å². The predicted octanol–water partition coefficient (Wildman–Crippen LogP) is 0.885. The topological polar surface area (TPSA) is 88.9 Å². The van der Waals surface area contributed by atoms with Crippen LogP contribution in [0.5, 0.6) is 0 Å². The van der Waals surface area contributed by atoms with Gasteiger partial charge >= 0.3 is 6.03 Å². The third kappa shape index (κ3) is 4.73. The van der Waals surface area contributed by atoms with E-state index < -0.39 is 0 Å². The SMILES string of the molecule is COCCN1C[C@H](CNC(=O)N2CCN(c3ccccc3C#N)CC2)CC1=O. The molecule has 0 aromatic heterocycles. The second-order valence-corrected chi connectivity index (χ2v) is 7.19. The molecule has 8 nitrogen and oxygen atoms in total. The Labute approximate surface area is 165 Å². The van der Waals surface area contributed by atoms with Crippen LogP contribution in [0.15, 0.2) is 24.3 Å². The van der Waals surface area contributed by atoms with Gasteiger partial charge in [-0.2, -0.15) is 5.26 Å². The summed E-state index contributed by atoms with van der Waals surface area (Å²) in [5.74, 6) is 0.276. The van der Waals surface area contributed by atoms with E-state index in [0.29, 0.717) is 64.4 Å². The van der Waals surface area contributed by atoms with Crippen molar-refractivity contribution in [2.75, 3.05) is 64.4 Å². The second kappa shape index (κ2) is 9.42. The summed E-state index contributed by atoms with van der Waals surface area (Å²) < 4.78 is 5.03. The molecule has 0 saturated carbocycles. The Morgan fingerprint density at radius 2 is 2.04 bits per heavy atom. The second-order valence-electron chi connectivity index (χ2n) is 7.19. The van der Waals surface area contributed by atoms with Crippen molar-refractivity contribution in [3.63, 3.8) is 0 Å². The Balaban J connectivity index is 1.43. The van der Waals surface area contributed by atoms with Crippen LogP contribution in [0.3, 0.4) is 0 Å². The molecular weight excluding hydrogens is 358 g/mol. The summed E-state index contributed by atoms with van der Waals surface area (Å²) in [5.41, 5.74) is 1.58. The summed E-state index contributed by atoms with van der Waals surface area (Å²) in [6, 6.07) is 9.68. The highest BCUT2D eigenvalue weighted by Gasteiger charge is 2.30. The van der Waals surface area contributed by atoms with Crippen molar-refractivity contribution in [3.05, 3.63) is 29.8 Å². The highest BCUT2D eigenvalue weighted by molar-refractivity contribution is 5.79. The number of ether oxygens (including phenoxy) is 1. The number of nitrogens with one attached hydrogen (secondary N) is 1. The van der Waals surface area contributed by atoms with Gasteiger partial charge in [-0.1, -0.05) is 12.1 Å². The number of urea groups is 1. The van der Waals surface area contributed by atoms with Gasteiger partial charge in [0.05, 0.1) is 17.9 Å².